The average molecular weight is 469 g/mol. The Morgan fingerprint density at radius 3 is 2.63 bits per heavy atom. The molecule has 3 heterocycles. The van der Waals surface area contributed by atoms with Crippen molar-refractivity contribution in [1.82, 2.24) is 9.88 Å². The van der Waals surface area contributed by atoms with Crippen LogP contribution in [-0.4, -0.2) is 29.0 Å². The lowest BCUT2D eigenvalue weighted by molar-refractivity contribution is 0.0714. The van der Waals surface area contributed by atoms with Crippen LogP contribution in [0.5, 0.6) is 11.5 Å². The van der Waals surface area contributed by atoms with E-state index in [1.165, 1.54) is 0 Å². The SMILES string of the molecule is C=CCOc1ccc(C2c3c(oc4ccccc4c3=O)C(=O)N2Cc2ccncc2)cc1OCC. The largest absolute Gasteiger partial charge is 0.490 e. The highest BCUT2D eigenvalue weighted by atomic mass is 16.5. The molecule has 0 bridgehead atoms. The summed E-state index contributed by atoms with van der Waals surface area (Å²) in [7, 11) is 0. The summed E-state index contributed by atoms with van der Waals surface area (Å²) in [6.07, 6.45) is 5.01. The Morgan fingerprint density at radius 2 is 1.86 bits per heavy atom. The second-order valence-corrected chi connectivity index (χ2v) is 8.10. The van der Waals surface area contributed by atoms with E-state index in [2.05, 4.69) is 11.6 Å². The maximum absolute atomic E-state index is 13.7. The Hall–Kier alpha value is -4.39. The molecule has 4 aromatic rings. The molecular weight excluding hydrogens is 444 g/mol. The van der Waals surface area contributed by atoms with Crippen LogP contribution in [0, 0.1) is 0 Å². The molecule has 35 heavy (non-hydrogen) atoms. The summed E-state index contributed by atoms with van der Waals surface area (Å²) in [4.78, 5) is 33.0. The molecule has 2 aromatic heterocycles. The molecule has 1 aliphatic rings. The molecule has 2 aromatic carbocycles. The molecule has 5 rings (SSSR count). The number of amides is 1. The van der Waals surface area contributed by atoms with Crippen molar-refractivity contribution >= 4 is 16.9 Å². The van der Waals surface area contributed by atoms with Gasteiger partial charge in [0.25, 0.3) is 5.91 Å². The van der Waals surface area contributed by atoms with Crippen LogP contribution in [0.15, 0.2) is 88.9 Å². The monoisotopic (exact) mass is 468 g/mol. The lowest BCUT2D eigenvalue weighted by Crippen LogP contribution is -2.29. The topological polar surface area (TPSA) is 81.9 Å². The van der Waals surface area contributed by atoms with E-state index in [0.29, 0.717) is 41.2 Å². The van der Waals surface area contributed by atoms with Crippen LogP contribution in [0.25, 0.3) is 11.0 Å². The fourth-order valence-electron chi connectivity index (χ4n) is 4.39. The van der Waals surface area contributed by atoms with E-state index in [0.717, 1.165) is 11.1 Å². The highest BCUT2D eigenvalue weighted by Gasteiger charge is 2.43. The Morgan fingerprint density at radius 1 is 1.06 bits per heavy atom. The zero-order valence-corrected chi connectivity index (χ0v) is 19.3. The maximum atomic E-state index is 13.7. The Kier molecular flexibility index (Phi) is 6.06. The van der Waals surface area contributed by atoms with Crippen LogP contribution in [-0.2, 0) is 6.54 Å². The van der Waals surface area contributed by atoms with Gasteiger partial charge in [-0.3, -0.25) is 14.6 Å². The van der Waals surface area contributed by atoms with Crippen molar-refractivity contribution in [1.29, 1.82) is 0 Å². The zero-order chi connectivity index (χ0) is 24.4. The van der Waals surface area contributed by atoms with Crippen LogP contribution < -0.4 is 14.9 Å². The van der Waals surface area contributed by atoms with Gasteiger partial charge in [0, 0.05) is 18.9 Å². The van der Waals surface area contributed by atoms with E-state index < -0.39 is 6.04 Å². The summed E-state index contributed by atoms with van der Waals surface area (Å²) in [5, 5.41) is 0.436. The molecule has 0 radical (unpaired) electrons. The van der Waals surface area contributed by atoms with Crippen molar-refractivity contribution < 1.29 is 18.7 Å². The van der Waals surface area contributed by atoms with Gasteiger partial charge in [0.2, 0.25) is 5.76 Å². The molecule has 0 aliphatic carbocycles. The number of hydrogen-bond acceptors (Lipinski definition) is 6. The summed E-state index contributed by atoms with van der Waals surface area (Å²) in [5.74, 6) is 0.820. The smallest absolute Gasteiger partial charge is 0.291 e. The number of pyridine rings is 1. The third-order valence-corrected chi connectivity index (χ3v) is 5.92. The maximum Gasteiger partial charge on any atom is 0.291 e. The fourth-order valence-corrected chi connectivity index (χ4v) is 4.39. The predicted molar refractivity (Wildman–Crippen MR) is 132 cm³/mol. The molecule has 0 fully saturated rings. The van der Waals surface area contributed by atoms with E-state index in [1.54, 1.807) is 53.7 Å². The van der Waals surface area contributed by atoms with Crippen molar-refractivity contribution in [2.24, 2.45) is 0 Å². The minimum atomic E-state index is -0.654. The van der Waals surface area contributed by atoms with Crippen LogP contribution in [0.1, 0.15) is 40.2 Å². The highest BCUT2D eigenvalue weighted by Crippen LogP contribution is 2.41. The van der Waals surface area contributed by atoms with Gasteiger partial charge in [0.05, 0.1) is 23.6 Å². The van der Waals surface area contributed by atoms with E-state index in [9.17, 15) is 9.59 Å². The Labute approximate surface area is 202 Å². The van der Waals surface area contributed by atoms with Crippen molar-refractivity contribution in [3.8, 4) is 11.5 Å². The summed E-state index contributed by atoms with van der Waals surface area (Å²) < 4.78 is 17.6. The quantitative estimate of drug-likeness (QED) is 0.342. The second-order valence-electron chi connectivity index (χ2n) is 8.10. The van der Waals surface area contributed by atoms with Gasteiger partial charge in [-0.15, -0.1) is 0 Å². The van der Waals surface area contributed by atoms with Gasteiger partial charge in [-0.1, -0.05) is 30.9 Å². The minimum absolute atomic E-state index is 0.0673. The van der Waals surface area contributed by atoms with Gasteiger partial charge in [-0.05, 0) is 54.4 Å². The first kappa shape index (κ1) is 22.4. The Bertz CT molecular complexity index is 1460. The van der Waals surface area contributed by atoms with Crippen LogP contribution in [0.3, 0.4) is 0 Å². The van der Waals surface area contributed by atoms with Crippen molar-refractivity contribution in [2.45, 2.75) is 19.5 Å². The van der Waals surface area contributed by atoms with E-state index in [-0.39, 0.29) is 23.6 Å². The number of hydrogen-bond donors (Lipinski definition) is 0. The number of fused-ring (bicyclic) bond motifs is 2. The van der Waals surface area contributed by atoms with E-state index in [1.807, 2.05) is 31.2 Å². The highest BCUT2D eigenvalue weighted by molar-refractivity contribution is 5.99. The molecule has 0 saturated heterocycles. The summed E-state index contributed by atoms with van der Waals surface area (Å²) >= 11 is 0. The first-order valence-corrected chi connectivity index (χ1v) is 11.4. The summed E-state index contributed by atoms with van der Waals surface area (Å²) in [6, 6.07) is 15.5. The normalized spacial score (nSPS) is 14.7. The van der Waals surface area contributed by atoms with Crippen molar-refractivity contribution in [3.05, 3.63) is 112 Å². The zero-order valence-electron chi connectivity index (χ0n) is 19.3. The van der Waals surface area contributed by atoms with Gasteiger partial charge >= 0.3 is 0 Å². The number of ether oxygens (including phenoxy) is 2. The molecule has 1 atom stereocenters. The van der Waals surface area contributed by atoms with Crippen molar-refractivity contribution in [3.63, 3.8) is 0 Å². The molecule has 0 N–H and O–H groups in total. The average Bonchev–Trinajstić information content (AvgIpc) is 3.15. The van der Waals surface area contributed by atoms with Crippen molar-refractivity contribution in [2.75, 3.05) is 13.2 Å². The lowest BCUT2D eigenvalue weighted by atomic mass is 9.98. The number of rotatable bonds is 8. The van der Waals surface area contributed by atoms with Crippen LogP contribution in [0.2, 0.25) is 0 Å². The predicted octanol–water partition coefficient (Wildman–Crippen LogP) is 4.90. The lowest BCUT2D eigenvalue weighted by Gasteiger charge is -2.26. The standard InChI is InChI=1S/C28H24N2O5/c1-3-15-34-22-10-9-19(16-23(22)33-4-2)25-24-26(31)20-7-5-6-8-21(20)35-27(24)28(32)30(25)17-18-11-13-29-14-12-18/h3,5-14,16,25H,1,4,15,17H2,2H3. The van der Waals surface area contributed by atoms with Gasteiger partial charge in [0.1, 0.15) is 12.2 Å². The van der Waals surface area contributed by atoms with Gasteiger partial charge in [-0.2, -0.15) is 0 Å². The molecular formula is C28H24N2O5. The molecule has 0 spiro atoms. The van der Waals surface area contributed by atoms with Crippen LogP contribution in [0.4, 0.5) is 0 Å². The summed E-state index contributed by atoms with van der Waals surface area (Å²) in [5.41, 5.74) is 2.10. The van der Waals surface area contributed by atoms with E-state index >= 15 is 0 Å². The molecule has 0 saturated carbocycles. The molecule has 7 nitrogen and oxygen atoms in total. The van der Waals surface area contributed by atoms with Gasteiger partial charge in [-0.25, -0.2) is 0 Å². The molecule has 1 aliphatic heterocycles. The third kappa shape index (κ3) is 4.05. The molecule has 1 amide bonds. The third-order valence-electron chi connectivity index (χ3n) is 5.92. The molecule has 7 heteroatoms. The first-order valence-electron chi connectivity index (χ1n) is 11.4. The second kappa shape index (κ2) is 9.46. The number of para-hydroxylation sites is 1. The number of benzene rings is 2. The first-order chi connectivity index (χ1) is 17.1. The molecule has 176 valence electrons. The number of nitrogens with zero attached hydrogens (tertiary/aromatic N) is 2. The fraction of sp³-hybridized carbons (Fsp3) is 0.179. The van der Waals surface area contributed by atoms with Gasteiger partial charge in [0.15, 0.2) is 16.9 Å². The minimum Gasteiger partial charge on any atom is -0.490 e. The molecule has 1 unspecified atom stereocenters. The van der Waals surface area contributed by atoms with Gasteiger partial charge < -0.3 is 18.8 Å². The van der Waals surface area contributed by atoms with E-state index in [4.69, 9.17) is 13.9 Å². The van der Waals surface area contributed by atoms with Crippen LogP contribution >= 0.6 is 0 Å². The number of carbonyl (C=O) groups excluding carboxylic acids is 1. The number of carbonyl (C=O) groups is 1. The summed E-state index contributed by atoms with van der Waals surface area (Å²) in [6.45, 7) is 6.62. The Balaban J connectivity index is 1.69. The number of aromatic nitrogens is 1.